The summed E-state index contributed by atoms with van der Waals surface area (Å²) in [6, 6.07) is 2.56. The molecule has 1 N–H and O–H groups in total. The molecular weight excluding hydrogens is 250 g/mol. The fraction of sp³-hybridized carbons (Fsp3) is 0.733. The van der Waals surface area contributed by atoms with Crippen LogP contribution in [0.1, 0.15) is 32.0 Å². The third kappa shape index (κ3) is 3.38. The van der Waals surface area contributed by atoms with E-state index in [1.807, 2.05) is 24.0 Å². The van der Waals surface area contributed by atoms with Gasteiger partial charge in [0.15, 0.2) is 0 Å². The van der Waals surface area contributed by atoms with Crippen molar-refractivity contribution in [1.29, 1.82) is 5.26 Å². The predicted molar refractivity (Wildman–Crippen MR) is 78.9 cm³/mol. The Morgan fingerprint density at radius 2 is 2.35 bits per heavy atom. The quantitative estimate of drug-likeness (QED) is 0.781. The molecule has 2 rings (SSSR count). The number of nitriles is 1. The van der Waals surface area contributed by atoms with E-state index >= 15 is 0 Å². The highest BCUT2D eigenvalue weighted by Gasteiger charge is 2.45. The number of hydrogen-bond acceptors (Lipinski definition) is 4. The van der Waals surface area contributed by atoms with Crippen molar-refractivity contribution in [3.63, 3.8) is 0 Å². The van der Waals surface area contributed by atoms with Crippen molar-refractivity contribution in [2.75, 3.05) is 20.1 Å². The predicted octanol–water partition coefficient (Wildman–Crippen LogP) is 1.52. The van der Waals surface area contributed by atoms with Gasteiger partial charge in [-0.25, -0.2) is 4.98 Å². The fourth-order valence-electron chi connectivity index (χ4n) is 2.69. The highest BCUT2D eigenvalue weighted by Crippen LogP contribution is 2.40. The highest BCUT2D eigenvalue weighted by molar-refractivity contribution is 5.16. The summed E-state index contributed by atoms with van der Waals surface area (Å²) in [5, 5.41) is 13.2. The molecule has 0 saturated heterocycles. The van der Waals surface area contributed by atoms with E-state index in [9.17, 15) is 5.26 Å². The third-order valence-corrected chi connectivity index (χ3v) is 4.02. The lowest BCUT2D eigenvalue weighted by Crippen LogP contribution is -2.53. The average molecular weight is 275 g/mol. The summed E-state index contributed by atoms with van der Waals surface area (Å²) in [7, 11) is 4.07. The molecule has 1 fully saturated rings. The molecule has 1 saturated carbocycles. The number of aromatic nitrogens is 2. The van der Waals surface area contributed by atoms with Crippen LogP contribution in [0, 0.1) is 17.2 Å². The topological polar surface area (TPSA) is 56.9 Å². The Kier molecular flexibility index (Phi) is 4.79. The first kappa shape index (κ1) is 15.0. The van der Waals surface area contributed by atoms with Crippen LogP contribution in [0.3, 0.4) is 0 Å². The van der Waals surface area contributed by atoms with Crippen molar-refractivity contribution in [3.05, 3.63) is 18.2 Å². The third-order valence-electron chi connectivity index (χ3n) is 4.02. The fourth-order valence-corrected chi connectivity index (χ4v) is 2.69. The average Bonchev–Trinajstić information content (AvgIpc) is 3.21. The summed E-state index contributed by atoms with van der Waals surface area (Å²) in [4.78, 5) is 6.55. The van der Waals surface area contributed by atoms with E-state index in [2.05, 4.69) is 35.2 Å². The Morgan fingerprint density at radius 3 is 2.85 bits per heavy atom. The Balaban J connectivity index is 2.00. The monoisotopic (exact) mass is 275 g/mol. The zero-order valence-electron chi connectivity index (χ0n) is 12.8. The lowest BCUT2D eigenvalue weighted by atomic mass is 9.94. The van der Waals surface area contributed by atoms with Gasteiger partial charge < -0.3 is 4.57 Å². The molecule has 5 nitrogen and oxygen atoms in total. The Labute approximate surface area is 121 Å². The van der Waals surface area contributed by atoms with Gasteiger partial charge in [0.2, 0.25) is 0 Å². The summed E-state index contributed by atoms with van der Waals surface area (Å²) in [6.07, 6.45) is 7.16. The van der Waals surface area contributed by atoms with Crippen molar-refractivity contribution in [1.82, 2.24) is 19.8 Å². The van der Waals surface area contributed by atoms with Crippen LogP contribution in [-0.4, -0.2) is 40.1 Å². The van der Waals surface area contributed by atoms with Crippen molar-refractivity contribution < 1.29 is 0 Å². The largest absolute Gasteiger partial charge is 0.337 e. The second-order valence-electron chi connectivity index (χ2n) is 5.91. The standard InChI is InChI=1S/C15H25N5/c1-4-7-18-15(11-16,13-5-6-13)12-19(2)10-14-17-8-9-20(14)3/h8-9,13,18H,4-7,10,12H2,1-3H3. The second kappa shape index (κ2) is 6.38. The molecule has 0 amide bonds. The Morgan fingerprint density at radius 1 is 1.60 bits per heavy atom. The maximum Gasteiger partial charge on any atom is 0.122 e. The molecule has 0 aliphatic heterocycles. The van der Waals surface area contributed by atoms with Crippen LogP contribution in [-0.2, 0) is 13.6 Å². The molecule has 1 aromatic heterocycles. The smallest absolute Gasteiger partial charge is 0.122 e. The molecule has 1 aromatic rings. The van der Waals surface area contributed by atoms with Gasteiger partial charge in [0.25, 0.3) is 0 Å². The zero-order chi connectivity index (χ0) is 14.6. The van der Waals surface area contributed by atoms with Gasteiger partial charge in [-0.1, -0.05) is 6.92 Å². The number of nitrogens with zero attached hydrogens (tertiary/aromatic N) is 4. The van der Waals surface area contributed by atoms with Crippen molar-refractivity contribution in [2.24, 2.45) is 13.0 Å². The van der Waals surface area contributed by atoms with Gasteiger partial charge >= 0.3 is 0 Å². The second-order valence-corrected chi connectivity index (χ2v) is 5.91. The van der Waals surface area contributed by atoms with Gasteiger partial charge in [-0.2, -0.15) is 5.26 Å². The number of aryl methyl sites for hydroxylation is 1. The molecule has 1 unspecified atom stereocenters. The van der Waals surface area contributed by atoms with Gasteiger partial charge in [0.05, 0.1) is 12.6 Å². The van der Waals surface area contributed by atoms with Crippen LogP contribution < -0.4 is 5.32 Å². The lowest BCUT2D eigenvalue weighted by Gasteiger charge is -2.32. The molecule has 0 aromatic carbocycles. The van der Waals surface area contributed by atoms with Crippen LogP contribution in [0.4, 0.5) is 0 Å². The van der Waals surface area contributed by atoms with Crippen LogP contribution in [0.25, 0.3) is 0 Å². The van der Waals surface area contributed by atoms with Gasteiger partial charge in [0, 0.05) is 26.0 Å². The summed E-state index contributed by atoms with van der Waals surface area (Å²) in [5.41, 5.74) is -0.393. The van der Waals surface area contributed by atoms with Gasteiger partial charge in [-0.15, -0.1) is 0 Å². The molecule has 0 radical (unpaired) electrons. The van der Waals surface area contributed by atoms with Crippen LogP contribution in [0.15, 0.2) is 12.4 Å². The lowest BCUT2D eigenvalue weighted by molar-refractivity contribution is 0.217. The van der Waals surface area contributed by atoms with E-state index in [1.165, 1.54) is 12.8 Å². The Hall–Kier alpha value is -1.38. The normalized spacial score (nSPS) is 17.9. The van der Waals surface area contributed by atoms with E-state index < -0.39 is 5.54 Å². The van der Waals surface area contributed by atoms with Crippen LogP contribution in [0.2, 0.25) is 0 Å². The maximum atomic E-state index is 9.68. The van der Waals surface area contributed by atoms with Crippen LogP contribution >= 0.6 is 0 Å². The van der Waals surface area contributed by atoms with E-state index in [0.717, 1.165) is 31.9 Å². The minimum Gasteiger partial charge on any atom is -0.337 e. The van der Waals surface area contributed by atoms with Gasteiger partial charge in [0.1, 0.15) is 11.4 Å². The number of rotatable bonds is 8. The maximum absolute atomic E-state index is 9.68. The van der Waals surface area contributed by atoms with E-state index in [-0.39, 0.29) is 0 Å². The summed E-state index contributed by atoms with van der Waals surface area (Å²) >= 11 is 0. The highest BCUT2D eigenvalue weighted by atomic mass is 15.2. The first-order valence-electron chi connectivity index (χ1n) is 7.42. The van der Waals surface area contributed by atoms with Crippen LogP contribution in [0.5, 0.6) is 0 Å². The molecular formula is C15H25N5. The number of imidazole rings is 1. The van der Waals surface area contributed by atoms with Crippen molar-refractivity contribution >= 4 is 0 Å². The van der Waals surface area contributed by atoms with E-state index in [0.29, 0.717) is 5.92 Å². The molecule has 0 spiro atoms. The van der Waals surface area contributed by atoms with Crippen molar-refractivity contribution in [2.45, 2.75) is 38.3 Å². The number of hydrogen-bond donors (Lipinski definition) is 1. The Bertz CT molecular complexity index is 471. The molecule has 1 aliphatic rings. The number of likely N-dealkylation sites (N-methyl/N-ethyl adjacent to an activating group) is 1. The molecule has 110 valence electrons. The van der Waals surface area contributed by atoms with Gasteiger partial charge in [-0.3, -0.25) is 10.2 Å². The summed E-state index contributed by atoms with van der Waals surface area (Å²) < 4.78 is 2.03. The molecule has 1 atom stereocenters. The molecule has 20 heavy (non-hydrogen) atoms. The number of nitrogens with one attached hydrogen (secondary N) is 1. The SMILES string of the molecule is CCCNC(C#N)(CN(C)Cc1nccn1C)C1CC1. The minimum atomic E-state index is -0.393. The summed E-state index contributed by atoms with van der Waals surface area (Å²) in [5.74, 6) is 1.54. The summed E-state index contributed by atoms with van der Waals surface area (Å²) in [6.45, 7) is 4.56. The molecule has 5 heteroatoms. The van der Waals surface area contributed by atoms with E-state index in [4.69, 9.17) is 0 Å². The first-order valence-corrected chi connectivity index (χ1v) is 7.42. The van der Waals surface area contributed by atoms with Gasteiger partial charge in [-0.05, 0) is 38.8 Å². The van der Waals surface area contributed by atoms with Crippen molar-refractivity contribution in [3.8, 4) is 6.07 Å². The molecule has 1 aliphatic carbocycles. The zero-order valence-corrected chi connectivity index (χ0v) is 12.8. The van der Waals surface area contributed by atoms with E-state index in [1.54, 1.807) is 0 Å². The molecule has 0 bridgehead atoms. The molecule has 1 heterocycles. The minimum absolute atomic E-state index is 0.393. The first-order chi connectivity index (χ1) is 9.61.